The minimum absolute atomic E-state index is 0.505. The molecule has 2 atom stereocenters. The third-order valence-corrected chi connectivity index (χ3v) is 12.5. The Balaban J connectivity index is 1.59. The summed E-state index contributed by atoms with van der Waals surface area (Å²) in [6.07, 6.45) is 9.92. The minimum Gasteiger partial charge on any atom is -0.118 e. The van der Waals surface area contributed by atoms with Crippen LogP contribution in [0.2, 0.25) is 13.1 Å². The predicted octanol–water partition coefficient (Wildman–Crippen LogP) is 7.51. The second kappa shape index (κ2) is 6.11. The number of allylic oxidation sites excluding steroid dienone is 9. The van der Waals surface area contributed by atoms with Gasteiger partial charge in [-0.1, -0.05) is 66.7 Å². The van der Waals surface area contributed by atoms with Gasteiger partial charge in [-0.3, -0.25) is 0 Å². The van der Waals surface area contributed by atoms with Crippen molar-refractivity contribution in [3.05, 3.63) is 97.2 Å². The second-order valence-electron chi connectivity index (χ2n) is 9.23. The Morgan fingerprint density at radius 3 is 2.46 bits per heavy atom. The first kappa shape index (κ1) is 18.3. The van der Waals surface area contributed by atoms with Crippen LogP contribution in [0, 0.1) is 0 Å². The van der Waals surface area contributed by atoms with E-state index >= 15 is 0 Å². The van der Waals surface area contributed by atoms with E-state index in [-0.39, 0.29) is 0 Å². The molecular formula is C26H28SSi. The molecule has 0 aromatic heterocycles. The van der Waals surface area contributed by atoms with Gasteiger partial charge in [-0.2, -0.15) is 0 Å². The summed E-state index contributed by atoms with van der Waals surface area (Å²) < 4.78 is 0. The molecule has 0 spiro atoms. The molecular weight excluding hydrogens is 372 g/mol. The molecule has 1 heterocycles. The Morgan fingerprint density at radius 2 is 1.68 bits per heavy atom. The summed E-state index contributed by atoms with van der Waals surface area (Å²) in [7, 11) is -1.76. The van der Waals surface area contributed by atoms with Crippen molar-refractivity contribution in [1.29, 1.82) is 0 Å². The highest BCUT2D eigenvalue weighted by molar-refractivity contribution is 8.04. The standard InChI is InChI=1S/C26H28SSi/c1-15-11-19-9-7-8-10-21(19)25(15)28(5,6)26-16(2)12-20-13-22-17(3)18(4)27-24(22)14-23(20)26/h7-14,24-25H,1-6H3. The highest BCUT2D eigenvalue weighted by Crippen LogP contribution is 2.53. The third kappa shape index (κ3) is 2.44. The molecule has 2 heteroatoms. The topological polar surface area (TPSA) is 0 Å². The van der Waals surface area contributed by atoms with Gasteiger partial charge in [0.25, 0.3) is 0 Å². The normalized spacial score (nSPS) is 25.9. The maximum Gasteiger partial charge on any atom is 0.0934 e. The molecule has 0 amide bonds. The molecule has 1 aromatic carbocycles. The third-order valence-electron chi connectivity index (χ3n) is 7.06. The van der Waals surface area contributed by atoms with Crippen LogP contribution < -0.4 is 0 Å². The zero-order valence-corrected chi connectivity index (χ0v) is 19.5. The molecule has 2 unspecified atom stereocenters. The Morgan fingerprint density at radius 1 is 0.929 bits per heavy atom. The second-order valence-corrected chi connectivity index (χ2v) is 15.1. The van der Waals surface area contributed by atoms with E-state index in [1.54, 1.807) is 16.3 Å². The Kier molecular flexibility index (Phi) is 3.99. The zero-order valence-electron chi connectivity index (χ0n) is 17.7. The van der Waals surface area contributed by atoms with Gasteiger partial charge >= 0.3 is 0 Å². The Bertz CT molecular complexity index is 1100. The lowest BCUT2D eigenvalue weighted by Gasteiger charge is -2.36. The molecule has 142 valence electrons. The summed E-state index contributed by atoms with van der Waals surface area (Å²) in [5.41, 5.74) is 12.6. The number of hydrogen-bond donors (Lipinski definition) is 0. The Hall–Kier alpha value is -1.77. The lowest BCUT2D eigenvalue weighted by atomic mass is 9.92. The van der Waals surface area contributed by atoms with Crippen molar-refractivity contribution in [2.45, 2.75) is 51.6 Å². The van der Waals surface area contributed by atoms with Gasteiger partial charge in [-0.25, -0.2) is 0 Å². The highest BCUT2D eigenvalue weighted by atomic mass is 32.2. The molecule has 0 fully saturated rings. The molecule has 28 heavy (non-hydrogen) atoms. The number of thioether (sulfide) groups is 1. The lowest BCUT2D eigenvalue weighted by molar-refractivity contribution is 1.07. The van der Waals surface area contributed by atoms with Crippen LogP contribution in [-0.2, 0) is 0 Å². The van der Waals surface area contributed by atoms with Gasteiger partial charge in [-0.15, -0.1) is 11.8 Å². The molecule has 1 aliphatic heterocycles. The van der Waals surface area contributed by atoms with Gasteiger partial charge in [0.15, 0.2) is 0 Å². The fourth-order valence-corrected chi connectivity index (χ4v) is 11.7. The maximum absolute atomic E-state index is 2.59. The summed E-state index contributed by atoms with van der Waals surface area (Å²) >= 11 is 2.03. The van der Waals surface area contributed by atoms with Crippen LogP contribution in [0.3, 0.4) is 0 Å². The van der Waals surface area contributed by atoms with Gasteiger partial charge < -0.3 is 0 Å². The summed E-state index contributed by atoms with van der Waals surface area (Å²) in [4.78, 5) is 1.48. The Labute approximate surface area is 174 Å². The smallest absolute Gasteiger partial charge is 0.0934 e. The fraction of sp³-hybridized carbons (Fsp3) is 0.308. The van der Waals surface area contributed by atoms with E-state index in [1.807, 2.05) is 11.8 Å². The van der Waals surface area contributed by atoms with Crippen molar-refractivity contribution in [3.63, 3.8) is 0 Å². The quantitative estimate of drug-likeness (QED) is 0.463. The molecule has 0 nitrogen and oxygen atoms in total. The average molecular weight is 401 g/mol. The maximum atomic E-state index is 2.59. The molecule has 1 aromatic rings. The van der Waals surface area contributed by atoms with E-state index in [0.29, 0.717) is 10.8 Å². The lowest BCUT2D eigenvalue weighted by Crippen LogP contribution is -2.39. The first-order chi connectivity index (χ1) is 13.3. The number of fused-ring (bicyclic) bond motifs is 3. The van der Waals surface area contributed by atoms with Crippen molar-refractivity contribution < 1.29 is 0 Å². The van der Waals surface area contributed by atoms with Crippen LogP contribution in [-0.4, -0.2) is 13.3 Å². The molecule has 0 saturated heterocycles. The summed E-state index contributed by atoms with van der Waals surface area (Å²) in [6, 6.07) is 9.02. The molecule has 4 aliphatic rings. The summed E-state index contributed by atoms with van der Waals surface area (Å²) in [5, 5.41) is 2.18. The van der Waals surface area contributed by atoms with Crippen LogP contribution in [0.15, 0.2) is 86.0 Å². The monoisotopic (exact) mass is 400 g/mol. The van der Waals surface area contributed by atoms with Gasteiger partial charge in [-0.05, 0) is 77.3 Å². The first-order valence-corrected chi connectivity index (χ1v) is 14.2. The molecule has 0 radical (unpaired) electrons. The number of benzene rings is 1. The van der Waals surface area contributed by atoms with Crippen molar-refractivity contribution >= 4 is 25.9 Å². The molecule has 0 saturated carbocycles. The molecule has 0 N–H and O–H groups in total. The fourth-order valence-electron chi connectivity index (χ4n) is 5.87. The van der Waals surface area contributed by atoms with Crippen molar-refractivity contribution in [2.24, 2.45) is 0 Å². The van der Waals surface area contributed by atoms with Gasteiger partial charge in [0.05, 0.1) is 13.3 Å². The van der Waals surface area contributed by atoms with E-state index in [9.17, 15) is 0 Å². The van der Waals surface area contributed by atoms with Crippen LogP contribution in [0.4, 0.5) is 0 Å². The van der Waals surface area contributed by atoms with E-state index in [4.69, 9.17) is 0 Å². The average Bonchev–Trinajstić information content (AvgIpc) is 3.23. The summed E-state index contributed by atoms with van der Waals surface area (Å²) in [5.74, 6) is 0. The van der Waals surface area contributed by atoms with Crippen molar-refractivity contribution in [3.8, 4) is 0 Å². The van der Waals surface area contributed by atoms with Crippen molar-refractivity contribution in [1.82, 2.24) is 0 Å². The van der Waals surface area contributed by atoms with E-state index in [1.165, 1.54) is 38.3 Å². The molecule has 3 aliphatic carbocycles. The molecule has 5 rings (SSSR count). The van der Waals surface area contributed by atoms with E-state index in [2.05, 4.69) is 89.4 Å². The minimum atomic E-state index is -1.76. The van der Waals surface area contributed by atoms with Gasteiger partial charge in [0.1, 0.15) is 0 Å². The van der Waals surface area contributed by atoms with E-state index in [0.717, 1.165) is 0 Å². The first-order valence-electron chi connectivity index (χ1n) is 10.3. The highest BCUT2D eigenvalue weighted by Gasteiger charge is 2.45. The zero-order chi connectivity index (χ0) is 19.8. The summed E-state index contributed by atoms with van der Waals surface area (Å²) in [6.45, 7) is 14.4. The molecule has 0 bridgehead atoms. The van der Waals surface area contributed by atoms with Crippen LogP contribution in [0.5, 0.6) is 0 Å². The van der Waals surface area contributed by atoms with Crippen LogP contribution >= 0.6 is 11.8 Å². The van der Waals surface area contributed by atoms with Crippen LogP contribution in [0.1, 0.15) is 44.4 Å². The largest absolute Gasteiger partial charge is 0.118 e. The van der Waals surface area contributed by atoms with Gasteiger partial charge in [0.2, 0.25) is 0 Å². The van der Waals surface area contributed by atoms with Crippen LogP contribution in [0.25, 0.3) is 6.08 Å². The number of rotatable bonds is 2. The van der Waals surface area contributed by atoms with E-state index < -0.39 is 8.07 Å². The number of hydrogen-bond acceptors (Lipinski definition) is 1. The SMILES string of the molecule is CC1=Cc2ccccc2C1[Si](C)(C)C1=C(C)C=C2C=C3C(C)=C(C)SC3C=C21. The van der Waals surface area contributed by atoms with Crippen molar-refractivity contribution in [2.75, 3.05) is 0 Å². The van der Waals surface area contributed by atoms with Gasteiger partial charge in [0, 0.05) is 5.54 Å². The predicted molar refractivity (Wildman–Crippen MR) is 127 cm³/mol.